The number of sulfone groups is 1. The van der Waals surface area contributed by atoms with E-state index >= 15 is 0 Å². The number of nitrogens with one attached hydrogen (secondary N) is 1. The van der Waals surface area contributed by atoms with E-state index in [-0.39, 0.29) is 26.5 Å². The van der Waals surface area contributed by atoms with Gasteiger partial charge in [0.25, 0.3) is 5.56 Å². The van der Waals surface area contributed by atoms with Crippen LogP contribution in [0, 0.1) is 0 Å². The second-order valence-corrected chi connectivity index (χ2v) is 8.48. The lowest BCUT2D eigenvalue weighted by molar-refractivity contribution is 0.0366. The van der Waals surface area contributed by atoms with Crippen molar-refractivity contribution in [3.8, 4) is 0 Å². The number of nitrogens with two attached hydrogens (primary N) is 1. The van der Waals surface area contributed by atoms with Gasteiger partial charge >= 0.3 is 0 Å². The number of nitrogens with zero attached hydrogens (tertiary/aromatic N) is 3. The van der Waals surface area contributed by atoms with Crippen molar-refractivity contribution in [2.45, 2.75) is 16.3 Å². The van der Waals surface area contributed by atoms with E-state index < -0.39 is 15.4 Å². The maximum Gasteiger partial charge on any atom is 0.288 e. The summed E-state index contributed by atoms with van der Waals surface area (Å²) in [6.45, 7) is 3.89. The molecule has 0 spiro atoms. The largest absolute Gasteiger partial charge is 0.384 e. The number of H-pyrrole nitrogens is 1. The Morgan fingerprint density at radius 3 is 2.57 bits per heavy atom. The lowest BCUT2D eigenvalue weighted by Crippen LogP contribution is -2.38. The number of rotatable bonds is 5. The van der Waals surface area contributed by atoms with Crippen LogP contribution in [0.4, 0.5) is 5.82 Å². The van der Waals surface area contributed by atoms with Crippen molar-refractivity contribution in [2.24, 2.45) is 0 Å². The maximum atomic E-state index is 13.2. The first-order chi connectivity index (χ1) is 13.5. The number of ether oxygens (including phenoxy) is 1. The van der Waals surface area contributed by atoms with Gasteiger partial charge in [0.05, 0.1) is 24.3 Å². The molecule has 0 aliphatic carbocycles. The molecule has 4 rings (SSSR count). The second kappa shape index (κ2) is 7.38. The number of aromatic nitrogens is 3. The first kappa shape index (κ1) is 18.7. The molecule has 3 aromatic rings. The molecule has 0 saturated carbocycles. The minimum Gasteiger partial charge on any atom is -0.384 e. The van der Waals surface area contributed by atoms with Gasteiger partial charge in [-0.15, -0.1) is 0 Å². The van der Waals surface area contributed by atoms with Gasteiger partial charge in [-0.05, 0) is 12.1 Å². The maximum absolute atomic E-state index is 13.2. The van der Waals surface area contributed by atoms with Gasteiger partial charge < -0.3 is 15.0 Å². The highest BCUT2D eigenvalue weighted by molar-refractivity contribution is 7.92. The highest BCUT2D eigenvalue weighted by Gasteiger charge is 2.29. The first-order valence-corrected chi connectivity index (χ1v) is 10.4. The molecule has 0 atom stereocenters. The Morgan fingerprint density at radius 2 is 1.86 bits per heavy atom. The molecule has 28 heavy (non-hydrogen) atoms. The van der Waals surface area contributed by atoms with Crippen molar-refractivity contribution in [1.82, 2.24) is 19.7 Å². The molecular formula is C18H21N5O4S. The minimum absolute atomic E-state index is 0.0469. The Balaban J connectivity index is 1.83. The van der Waals surface area contributed by atoms with E-state index in [2.05, 4.69) is 15.1 Å². The Kier molecular flexibility index (Phi) is 4.92. The van der Waals surface area contributed by atoms with Crippen molar-refractivity contribution >= 4 is 26.6 Å². The summed E-state index contributed by atoms with van der Waals surface area (Å²) in [6, 6.07) is 8.04. The molecule has 1 fully saturated rings. The summed E-state index contributed by atoms with van der Waals surface area (Å²) >= 11 is 0. The summed E-state index contributed by atoms with van der Waals surface area (Å²) in [5.74, 6) is 0.0469. The molecule has 9 nitrogen and oxygen atoms in total. The SMILES string of the molecule is Nc1c(S(=O)(=O)c2ccccc2)c2cn[nH]c(=O)c2n1CCN1CCOCC1. The van der Waals surface area contributed by atoms with E-state index in [1.54, 1.807) is 22.8 Å². The van der Waals surface area contributed by atoms with Crippen molar-refractivity contribution in [3.63, 3.8) is 0 Å². The fraction of sp³-hybridized carbons (Fsp3) is 0.333. The van der Waals surface area contributed by atoms with Crippen molar-refractivity contribution in [1.29, 1.82) is 0 Å². The van der Waals surface area contributed by atoms with Crippen LogP contribution in [0.5, 0.6) is 0 Å². The molecule has 1 aliphatic heterocycles. The third-order valence-electron chi connectivity index (χ3n) is 4.93. The van der Waals surface area contributed by atoms with E-state index in [1.165, 1.54) is 18.3 Å². The van der Waals surface area contributed by atoms with Gasteiger partial charge in [0.2, 0.25) is 9.84 Å². The van der Waals surface area contributed by atoms with Crippen LogP contribution in [0.25, 0.3) is 10.9 Å². The predicted molar refractivity (Wildman–Crippen MR) is 104 cm³/mol. The summed E-state index contributed by atoms with van der Waals surface area (Å²) < 4.78 is 33.4. The number of fused-ring (bicyclic) bond motifs is 1. The van der Waals surface area contributed by atoms with E-state index in [0.717, 1.165) is 13.1 Å². The molecule has 2 aromatic heterocycles. The summed E-state index contributed by atoms with van der Waals surface area (Å²) in [5.41, 5.74) is 6.03. The van der Waals surface area contributed by atoms with E-state index in [0.29, 0.717) is 26.3 Å². The molecule has 1 saturated heterocycles. The standard InChI is InChI=1S/C18H21N5O4S/c19-17-16(28(25,26)13-4-2-1-3-5-13)14-12-20-21-18(24)15(14)23(17)7-6-22-8-10-27-11-9-22/h1-5,12H,6-11,19H2,(H,21,24). The van der Waals surface area contributed by atoms with Crippen molar-refractivity contribution in [3.05, 3.63) is 46.9 Å². The van der Waals surface area contributed by atoms with Crippen molar-refractivity contribution in [2.75, 3.05) is 38.6 Å². The van der Waals surface area contributed by atoms with Gasteiger partial charge in [-0.3, -0.25) is 9.69 Å². The fourth-order valence-electron chi connectivity index (χ4n) is 3.51. The molecule has 0 unspecified atom stereocenters. The van der Waals surface area contributed by atoms with Gasteiger partial charge in [-0.1, -0.05) is 18.2 Å². The van der Waals surface area contributed by atoms with Crippen molar-refractivity contribution < 1.29 is 13.2 Å². The zero-order valence-corrected chi connectivity index (χ0v) is 16.0. The van der Waals surface area contributed by atoms with Crippen LogP contribution in [0.3, 0.4) is 0 Å². The number of hydrogen-bond acceptors (Lipinski definition) is 7. The van der Waals surface area contributed by atoms with Crippen LogP contribution < -0.4 is 11.3 Å². The predicted octanol–water partition coefficient (Wildman–Crippen LogP) is 0.472. The molecular weight excluding hydrogens is 382 g/mol. The Labute approximate surface area is 161 Å². The van der Waals surface area contributed by atoms with Crippen LogP contribution in [0.1, 0.15) is 0 Å². The summed E-state index contributed by atoms with van der Waals surface area (Å²) in [6.07, 6.45) is 1.34. The van der Waals surface area contributed by atoms with Gasteiger partial charge in [0, 0.05) is 31.6 Å². The topological polar surface area (TPSA) is 123 Å². The average molecular weight is 403 g/mol. The second-order valence-electron chi connectivity index (χ2n) is 6.60. The molecule has 0 amide bonds. The van der Waals surface area contributed by atoms with Gasteiger partial charge in [0.15, 0.2) is 0 Å². The smallest absolute Gasteiger partial charge is 0.288 e. The van der Waals surface area contributed by atoms with Gasteiger partial charge in [-0.25, -0.2) is 13.5 Å². The molecule has 0 bridgehead atoms. The number of hydrogen-bond donors (Lipinski definition) is 2. The average Bonchev–Trinajstić information content (AvgIpc) is 3.01. The summed E-state index contributed by atoms with van der Waals surface area (Å²) in [7, 11) is -3.91. The number of morpholine rings is 1. The van der Waals surface area contributed by atoms with Crippen LogP contribution in [0.2, 0.25) is 0 Å². The molecule has 3 N–H and O–H groups in total. The molecule has 148 valence electrons. The Bertz CT molecular complexity index is 1150. The first-order valence-electron chi connectivity index (χ1n) is 8.96. The molecule has 3 heterocycles. The third kappa shape index (κ3) is 3.19. The lowest BCUT2D eigenvalue weighted by atomic mass is 10.3. The van der Waals surface area contributed by atoms with Crippen LogP contribution in [-0.2, 0) is 21.1 Å². The molecule has 1 aliphatic rings. The zero-order chi connectivity index (χ0) is 19.7. The van der Waals surface area contributed by atoms with Crippen LogP contribution in [0.15, 0.2) is 51.1 Å². The zero-order valence-electron chi connectivity index (χ0n) is 15.2. The van der Waals surface area contributed by atoms with Gasteiger partial charge in [0.1, 0.15) is 16.2 Å². The molecule has 0 radical (unpaired) electrons. The van der Waals surface area contributed by atoms with E-state index in [1.807, 2.05) is 0 Å². The number of nitrogen functional groups attached to an aromatic ring is 1. The van der Waals surface area contributed by atoms with E-state index in [4.69, 9.17) is 10.5 Å². The minimum atomic E-state index is -3.91. The monoisotopic (exact) mass is 403 g/mol. The number of aromatic amines is 1. The quantitative estimate of drug-likeness (QED) is 0.635. The normalized spacial score (nSPS) is 15.9. The fourth-order valence-corrected chi connectivity index (χ4v) is 5.08. The number of anilines is 1. The van der Waals surface area contributed by atoms with Crippen LogP contribution >= 0.6 is 0 Å². The highest BCUT2D eigenvalue weighted by Crippen LogP contribution is 2.34. The lowest BCUT2D eigenvalue weighted by Gasteiger charge is -2.26. The van der Waals surface area contributed by atoms with Gasteiger partial charge in [-0.2, -0.15) is 5.10 Å². The summed E-state index contributed by atoms with van der Waals surface area (Å²) in [5, 5.41) is 6.39. The summed E-state index contributed by atoms with van der Waals surface area (Å²) in [4.78, 5) is 14.7. The molecule has 10 heteroatoms. The third-order valence-corrected chi connectivity index (χ3v) is 6.79. The Morgan fingerprint density at radius 1 is 1.14 bits per heavy atom. The highest BCUT2D eigenvalue weighted by atomic mass is 32.2. The number of benzene rings is 1. The van der Waals surface area contributed by atoms with Crippen LogP contribution in [-0.4, -0.2) is 60.9 Å². The van der Waals surface area contributed by atoms with E-state index in [9.17, 15) is 13.2 Å². The molecule has 1 aromatic carbocycles. The Hall–Kier alpha value is -2.69.